The number of benzene rings is 3. The number of thiazole rings is 1. The largest absolute Gasteiger partial charge is 0.493 e. The predicted octanol–water partition coefficient (Wildman–Crippen LogP) is 4.32. The van der Waals surface area contributed by atoms with E-state index < -0.39 is 15.9 Å². The summed E-state index contributed by atoms with van der Waals surface area (Å²) in [6.07, 6.45) is 0. The van der Waals surface area contributed by atoms with E-state index in [4.69, 9.17) is 14.2 Å². The fourth-order valence-electron chi connectivity index (χ4n) is 4.01. The number of fused-ring (bicyclic) bond motifs is 1. The topological polar surface area (TPSA) is 99.4 Å². The van der Waals surface area contributed by atoms with Crippen LogP contribution in [0.15, 0.2) is 76.6 Å². The first-order chi connectivity index (χ1) is 18.3. The smallest absolute Gasteiger partial charge is 0.279 e. The molecule has 0 aliphatic rings. The highest BCUT2D eigenvalue weighted by Crippen LogP contribution is 2.33. The van der Waals surface area contributed by atoms with Crippen LogP contribution in [0.3, 0.4) is 0 Å². The van der Waals surface area contributed by atoms with Crippen molar-refractivity contribution in [2.75, 3.05) is 38.8 Å². The zero-order valence-electron chi connectivity index (χ0n) is 21.6. The van der Waals surface area contributed by atoms with Crippen molar-refractivity contribution < 1.29 is 27.4 Å². The van der Waals surface area contributed by atoms with E-state index in [0.717, 1.165) is 10.2 Å². The fourth-order valence-corrected chi connectivity index (χ4v) is 6.55. The maximum Gasteiger partial charge on any atom is 0.279 e. The van der Waals surface area contributed by atoms with Crippen LogP contribution < -0.4 is 18.6 Å². The number of amides is 1. The Morgan fingerprint density at radius 3 is 2.24 bits per heavy atom. The first-order valence-corrected chi connectivity index (χ1v) is 14.1. The van der Waals surface area contributed by atoms with Crippen molar-refractivity contribution in [2.45, 2.75) is 18.4 Å². The van der Waals surface area contributed by atoms with Gasteiger partial charge in [-0.25, -0.2) is 8.42 Å². The Balaban J connectivity index is 1.70. The second-order valence-electron chi connectivity index (χ2n) is 8.15. The summed E-state index contributed by atoms with van der Waals surface area (Å²) in [5.41, 5.74) is 1.68. The molecule has 0 aliphatic carbocycles. The van der Waals surface area contributed by atoms with Gasteiger partial charge in [0.1, 0.15) is 0 Å². The van der Waals surface area contributed by atoms with E-state index in [9.17, 15) is 13.2 Å². The van der Waals surface area contributed by atoms with Crippen LogP contribution >= 0.6 is 11.3 Å². The number of hydrogen-bond donors (Lipinski definition) is 0. The molecular formula is C27H29N3O6S2. The predicted molar refractivity (Wildman–Crippen MR) is 148 cm³/mol. The van der Waals surface area contributed by atoms with E-state index in [1.807, 2.05) is 22.8 Å². The summed E-state index contributed by atoms with van der Waals surface area (Å²) in [5, 5.41) is 0. The minimum atomic E-state index is -3.80. The average molecular weight is 556 g/mol. The SMILES string of the molecule is CCN(c1ccccc1)S(=O)(=O)c1ccc(C(=O)N=c2sc3cc(OC)c(OC)cc3n2CCOC)cc1. The lowest BCUT2D eigenvalue weighted by Gasteiger charge is -2.22. The van der Waals surface area contributed by atoms with E-state index in [1.165, 1.54) is 39.9 Å². The molecule has 9 nitrogen and oxygen atoms in total. The second kappa shape index (κ2) is 11.8. The summed E-state index contributed by atoms with van der Waals surface area (Å²) in [4.78, 5) is 18.1. The summed E-state index contributed by atoms with van der Waals surface area (Å²) >= 11 is 1.34. The van der Waals surface area contributed by atoms with Crippen LogP contribution in [0.1, 0.15) is 17.3 Å². The van der Waals surface area contributed by atoms with Gasteiger partial charge in [0.2, 0.25) is 0 Å². The molecule has 0 unspecified atom stereocenters. The van der Waals surface area contributed by atoms with Crippen LogP contribution in [-0.4, -0.2) is 53.4 Å². The monoisotopic (exact) mass is 555 g/mol. The maximum absolute atomic E-state index is 13.3. The van der Waals surface area contributed by atoms with Crippen LogP contribution in [0, 0.1) is 0 Å². The van der Waals surface area contributed by atoms with Gasteiger partial charge >= 0.3 is 0 Å². The van der Waals surface area contributed by atoms with E-state index in [0.29, 0.717) is 35.1 Å². The number of hydrogen-bond acceptors (Lipinski definition) is 7. The maximum atomic E-state index is 13.3. The van der Waals surface area contributed by atoms with E-state index >= 15 is 0 Å². The van der Waals surface area contributed by atoms with Crippen LogP contribution in [0.4, 0.5) is 5.69 Å². The zero-order valence-corrected chi connectivity index (χ0v) is 23.2. The lowest BCUT2D eigenvalue weighted by Crippen LogP contribution is -2.30. The number of para-hydroxylation sites is 1. The minimum Gasteiger partial charge on any atom is -0.493 e. The number of methoxy groups -OCH3 is 3. The van der Waals surface area contributed by atoms with Gasteiger partial charge in [-0.15, -0.1) is 0 Å². The number of ether oxygens (including phenoxy) is 3. The standard InChI is InChI=1S/C27H29N3O6S2/c1-5-30(20-9-7-6-8-10-20)38(32,33)21-13-11-19(12-14-21)26(31)28-27-29(15-16-34-2)22-17-23(35-3)24(36-4)18-25(22)37-27/h6-14,17-18H,5,15-16H2,1-4H3. The Morgan fingerprint density at radius 1 is 0.974 bits per heavy atom. The van der Waals surface area contributed by atoms with E-state index in [1.54, 1.807) is 52.5 Å². The third kappa shape index (κ3) is 5.45. The molecule has 11 heteroatoms. The molecule has 0 bridgehead atoms. The molecule has 0 radical (unpaired) electrons. The normalized spacial score (nSPS) is 12.1. The lowest BCUT2D eigenvalue weighted by atomic mass is 10.2. The molecule has 0 spiro atoms. The third-order valence-corrected chi connectivity index (χ3v) is 8.88. The van der Waals surface area contributed by atoms with Gasteiger partial charge in [0, 0.05) is 37.9 Å². The summed E-state index contributed by atoms with van der Waals surface area (Å²) in [7, 11) is 0.931. The number of anilines is 1. The van der Waals surface area contributed by atoms with Crippen molar-refractivity contribution in [3.8, 4) is 11.5 Å². The molecule has 1 heterocycles. The Labute approximate surface area is 225 Å². The molecular weight excluding hydrogens is 526 g/mol. The van der Waals surface area contributed by atoms with Gasteiger partial charge in [-0.05, 0) is 43.3 Å². The summed E-state index contributed by atoms with van der Waals surface area (Å²) in [6.45, 7) is 2.94. The molecule has 0 saturated carbocycles. The molecule has 3 aromatic carbocycles. The van der Waals surface area contributed by atoms with Gasteiger partial charge in [0.15, 0.2) is 16.3 Å². The zero-order chi connectivity index (χ0) is 27.3. The molecule has 4 rings (SSSR count). The first-order valence-electron chi connectivity index (χ1n) is 11.8. The molecule has 0 atom stereocenters. The van der Waals surface area contributed by atoms with Gasteiger partial charge in [-0.1, -0.05) is 29.5 Å². The summed E-state index contributed by atoms with van der Waals surface area (Å²) in [6, 6.07) is 18.4. The number of sulfonamides is 1. The van der Waals surface area contributed by atoms with Crippen LogP contribution in [0.25, 0.3) is 10.2 Å². The molecule has 38 heavy (non-hydrogen) atoms. The lowest BCUT2D eigenvalue weighted by molar-refractivity contribution is 0.0997. The highest BCUT2D eigenvalue weighted by molar-refractivity contribution is 7.92. The Hall–Kier alpha value is -3.67. The van der Waals surface area contributed by atoms with Crippen molar-refractivity contribution in [3.05, 3.63) is 77.1 Å². The number of carbonyl (C=O) groups excluding carboxylic acids is 1. The Morgan fingerprint density at radius 2 is 1.63 bits per heavy atom. The molecule has 0 N–H and O–H groups in total. The van der Waals surface area contributed by atoms with Crippen LogP contribution in [0.5, 0.6) is 11.5 Å². The highest BCUT2D eigenvalue weighted by Gasteiger charge is 2.24. The average Bonchev–Trinajstić information content (AvgIpc) is 3.27. The molecule has 200 valence electrons. The van der Waals surface area contributed by atoms with Crippen molar-refractivity contribution in [3.63, 3.8) is 0 Å². The number of carbonyl (C=O) groups is 1. The molecule has 0 saturated heterocycles. The van der Waals surface area contributed by atoms with Crippen molar-refractivity contribution in [2.24, 2.45) is 4.99 Å². The molecule has 1 amide bonds. The van der Waals surface area contributed by atoms with Crippen molar-refractivity contribution in [1.82, 2.24) is 4.57 Å². The first kappa shape index (κ1) is 27.4. The van der Waals surface area contributed by atoms with Gasteiger partial charge in [-0.2, -0.15) is 4.99 Å². The molecule has 0 aliphatic heterocycles. The van der Waals surface area contributed by atoms with Gasteiger partial charge in [0.05, 0.1) is 41.6 Å². The molecule has 1 aromatic heterocycles. The summed E-state index contributed by atoms with van der Waals surface area (Å²) in [5.74, 6) is 0.655. The number of nitrogens with zero attached hydrogens (tertiary/aromatic N) is 3. The van der Waals surface area contributed by atoms with E-state index in [2.05, 4.69) is 4.99 Å². The number of aromatic nitrogens is 1. The van der Waals surface area contributed by atoms with Gasteiger partial charge in [0.25, 0.3) is 15.9 Å². The number of rotatable bonds is 10. The Kier molecular flexibility index (Phi) is 8.50. The fraction of sp³-hybridized carbons (Fsp3) is 0.259. The van der Waals surface area contributed by atoms with Crippen molar-refractivity contribution in [1.29, 1.82) is 0 Å². The molecule has 0 fully saturated rings. The highest BCUT2D eigenvalue weighted by atomic mass is 32.2. The third-order valence-electron chi connectivity index (χ3n) is 5.92. The molecule has 4 aromatic rings. The van der Waals surface area contributed by atoms with E-state index in [-0.39, 0.29) is 17.0 Å². The van der Waals surface area contributed by atoms with Gasteiger partial charge in [-0.3, -0.25) is 9.10 Å². The minimum absolute atomic E-state index is 0.0935. The van der Waals surface area contributed by atoms with Crippen LogP contribution in [0.2, 0.25) is 0 Å². The quantitative estimate of drug-likeness (QED) is 0.289. The summed E-state index contributed by atoms with van der Waals surface area (Å²) < 4.78 is 46.7. The van der Waals surface area contributed by atoms with Gasteiger partial charge < -0.3 is 18.8 Å². The second-order valence-corrected chi connectivity index (χ2v) is 11.0. The van der Waals surface area contributed by atoms with Crippen molar-refractivity contribution >= 4 is 43.2 Å². The van der Waals surface area contributed by atoms with Crippen LogP contribution in [-0.2, 0) is 21.3 Å². The Bertz CT molecular complexity index is 1590.